The van der Waals surface area contributed by atoms with Crippen LogP contribution in [0.15, 0.2) is 36.4 Å². The predicted octanol–water partition coefficient (Wildman–Crippen LogP) is 3.45. The largest absolute Gasteiger partial charge is 0.496 e. The first-order chi connectivity index (χ1) is 9.79. The first kappa shape index (κ1) is 12.0. The summed E-state index contributed by atoms with van der Waals surface area (Å²) in [6.07, 6.45) is 2.25. The molecule has 1 atom stereocenters. The van der Waals surface area contributed by atoms with Crippen LogP contribution in [0.25, 0.3) is 11.1 Å². The molecule has 2 aliphatic rings. The number of nitrogens with zero attached hydrogens (tertiary/aromatic N) is 1. The number of benzene rings is 2. The Morgan fingerprint density at radius 3 is 2.80 bits per heavy atom. The van der Waals surface area contributed by atoms with E-state index in [1.165, 1.54) is 27.8 Å². The van der Waals surface area contributed by atoms with Crippen molar-refractivity contribution in [3.8, 4) is 16.9 Å². The Labute approximate surface area is 120 Å². The first-order valence-corrected chi connectivity index (χ1v) is 7.28. The zero-order valence-corrected chi connectivity index (χ0v) is 12.0. The molecule has 0 bridgehead atoms. The molecule has 20 heavy (non-hydrogen) atoms. The van der Waals surface area contributed by atoms with Crippen molar-refractivity contribution in [2.45, 2.75) is 18.9 Å². The van der Waals surface area contributed by atoms with Crippen LogP contribution in [0.1, 0.15) is 22.7 Å². The van der Waals surface area contributed by atoms with Crippen LogP contribution in [0.4, 0.5) is 0 Å². The summed E-state index contributed by atoms with van der Waals surface area (Å²) in [5.74, 6) is 1.01. The second kappa shape index (κ2) is 4.35. The molecule has 0 saturated carbocycles. The van der Waals surface area contributed by atoms with Gasteiger partial charge in [-0.15, -0.1) is 0 Å². The van der Waals surface area contributed by atoms with Gasteiger partial charge < -0.3 is 4.74 Å². The molecule has 1 heterocycles. The van der Waals surface area contributed by atoms with Crippen molar-refractivity contribution in [2.24, 2.45) is 0 Å². The third-order valence-corrected chi connectivity index (χ3v) is 4.82. The lowest BCUT2D eigenvalue weighted by atomic mass is 9.77. The molecule has 2 aromatic rings. The van der Waals surface area contributed by atoms with Gasteiger partial charge in [-0.05, 0) is 48.2 Å². The van der Waals surface area contributed by atoms with Crippen LogP contribution < -0.4 is 4.74 Å². The highest BCUT2D eigenvalue weighted by Gasteiger charge is 2.34. The van der Waals surface area contributed by atoms with Crippen LogP contribution in [-0.4, -0.2) is 25.6 Å². The van der Waals surface area contributed by atoms with Crippen LogP contribution in [-0.2, 0) is 12.8 Å². The van der Waals surface area contributed by atoms with Gasteiger partial charge in [0.05, 0.1) is 7.11 Å². The molecule has 0 radical (unpaired) electrons. The number of hydrogen-bond acceptors (Lipinski definition) is 2. The summed E-state index contributed by atoms with van der Waals surface area (Å²) in [6, 6.07) is 13.7. The average Bonchev–Trinajstić information content (AvgIpc) is 2.50. The molecule has 0 N–H and O–H groups in total. The molecule has 1 aliphatic heterocycles. The van der Waals surface area contributed by atoms with Crippen molar-refractivity contribution < 1.29 is 4.74 Å². The first-order valence-electron chi connectivity index (χ1n) is 7.28. The van der Waals surface area contributed by atoms with Crippen LogP contribution in [0, 0.1) is 0 Å². The molecule has 0 spiro atoms. The van der Waals surface area contributed by atoms with E-state index in [1.807, 2.05) is 0 Å². The van der Waals surface area contributed by atoms with E-state index in [9.17, 15) is 0 Å². The smallest absolute Gasteiger partial charge is 0.127 e. The Hall–Kier alpha value is -1.80. The number of ether oxygens (including phenoxy) is 1. The summed E-state index contributed by atoms with van der Waals surface area (Å²) in [5, 5.41) is 0. The summed E-state index contributed by atoms with van der Waals surface area (Å²) in [5.41, 5.74) is 7.11. The molecule has 2 aromatic carbocycles. The van der Waals surface area contributed by atoms with Gasteiger partial charge in [-0.3, -0.25) is 4.90 Å². The Kier molecular flexibility index (Phi) is 2.61. The van der Waals surface area contributed by atoms with Crippen molar-refractivity contribution in [3.05, 3.63) is 53.1 Å². The third kappa shape index (κ3) is 1.55. The fourth-order valence-electron chi connectivity index (χ4n) is 3.77. The molecule has 0 aromatic heterocycles. The summed E-state index contributed by atoms with van der Waals surface area (Å²) in [7, 11) is 4.02. The van der Waals surface area contributed by atoms with Crippen LogP contribution >= 0.6 is 0 Å². The highest BCUT2D eigenvalue weighted by Crippen LogP contribution is 2.48. The van der Waals surface area contributed by atoms with Gasteiger partial charge in [-0.25, -0.2) is 0 Å². The SMILES string of the molecule is COc1ccc2c3c1-c1ccccc1CC3N(C)CC2. The minimum Gasteiger partial charge on any atom is -0.496 e. The van der Waals surface area contributed by atoms with Gasteiger partial charge >= 0.3 is 0 Å². The van der Waals surface area contributed by atoms with Gasteiger partial charge in [0.2, 0.25) is 0 Å². The number of likely N-dealkylation sites (N-methyl/N-ethyl adjacent to an activating group) is 1. The quantitative estimate of drug-likeness (QED) is 0.783. The number of rotatable bonds is 1. The van der Waals surface area contributed by atoms with Gasteiger partial charge in [-0.2, -0.15) is 0 Å². The van der Waals surface area contributed by atoms with Crippen LogP contribution in [0.5, 0.6) is 5.75 Å². The third-order valence-electron chi connectivity index (χ3n) is 4.82. The molecule has 4 rings (SSSR count). The molecular weight excluding hydrogens is 246 g/mol. The fourth-order valence-corrected chi connectivity index (χ4v) is 3.77. The number of fused-ring (bicyclic) bond motifs is 2. The van der Waals surface area contributed by atoms with Crippen molar-refractivity contribution in [1.82, 2.24) is 4.90 Å². The molecule has 2 heteroatoms. The van der Waals surface area contributed by atoms with Crippen molar-refractivity contribution in [1.29, 1.82) is 0 Å². The topological polar surface area (TPSA) is 12.5 Å². The lowest BCUT2D eigenvalue weighted by Gasteiger charge is -2.40. The lowest BCUT2D eigenvalue weighted by Crippen LogP contribution is -2.35. The maximum absolute atomic E-state index is 5.66. The van der Waals surface area contributed by atoms with Gasteiger partial charge in [0, 0.05) is 18.2 Å². The maximum atomic E-state index is 5.66. The Morgan fingerprint density at radius 1 is 1.10 bits per heavy atom. The molecule has 2 nitrogen and oxygen atoms in total. The summed E-state index contributed by atoms with van der Waals surface area (Å²) < 4.78 is 5.66. The standard InChI is InChI=1S/C18H19NO/c1-19-10-9-12-7-8-16(20-2)18-14-6-4-3-5-13(14)11-15(19)17(12)18/h3-8,15H,9-11H2,1-2H3. The molecule has 0 fully saturated rings. The van der Waals surface area contributed by atoms with Gasteiger partial charge in [0.15, 0.2) is 0 Å². The van der Waals surface area contributed by atoms with Crippen molar-refractivity contribution in [3.63, 3.8) is 0 Å². The van der Waals surface area contributed by atoms with Gasteiger partial charge in [-0.1, -0.05) is 30.3 Å². The normalized spacial score (nSPS) is 20.2. The summed E-state index contributed by atoms with van der Waals surface area (Å²) in [6.45, 7) is 1.14. The zero-order valence-electron chi connectivity index (χ0n) is 12.0. The monoisotopic (exact) mass is 265 g/mol. The molecule has 1 aliphatic carbocycles. The minimum atomic E-state index is 0.499. The fraction of sp³-hybridized carbons (Fsp3) is 0.333. The van der Waals surface area contributed by atoms with E-state index in [1.54, 1.807) is 7.11 Å². The zero-order chi connectivity index (χ0) is 13.7. The van der Waals surface area contributed by atoms with Crippen molar-refractivity contribution >= 4 is 0 Å². The summed E-state index contributed by atoms with van der Waals surface area (Å²) >= 11 is 0. The molecule has 0 amide bonds. The van der Waals surface area contributed by atoms with E-state index in [0.29, 0.717) is 6.04 Å². The van der Waals surface area contributed by atoms with E-state index < -0.39 is 0 Å². The Morgan fingerprint density at radius 2 is 1.95 bits per heavy atom. The Bertz CT molecular complexity index is 677. The highest BCUT2D eigenvalue weighted by atomic mass is 16.5. The highest BCUT2D eigenvalue weighted by molar-refractivity contribution is 5.80. The number of methoxy groups -OCH3 is 1. The maximum Gasteiger partial charge on any atom is 0.127 e. The summed E-state index contributed by atoms with van der Waals surface area (Å²) in [4.78, 5) is 2.49. The molecular formula is C18H19NO. The molecule has 0 saturated heterocycles. The Balaban J connectivity index is 2.06. The van der Waals surface area contributed by atoms with Crippen LogP contribution in [0.2, 0.25) is 0 Å². The second-order valence-electron chi connectivity index (χ2n) is 5.82. The average molecular weight is 265 g/mol. The van der Waals surface area contributed by atoms with Gasteiger partial charge in [0.1, 0.15) is 5.75 Å². The lowest BCUT2D eigenvalue weighted by molar-refractivity contribution is 0.227. The van der Waals surface area contributed by atoms with Crippen molar-refractivity contribution in [2.75, 3.05) is 20.7 Å². The van der Waals surface area contributed by atoms with E-state index in [-0.39, 0.29) is 0 Å². The van der Waals surface area contributed by atoms with E-state index in [0.717, 1.165) is 25.1 Å². The predicted molar refractivity (Wildman–Crippen MR) is 81.2 cm³/mol. The minimum absolute atomic E-state index is 0.499. The second-order valence-corrected chi connectivity index (χ2v) is 5.82. The van der Waals surface area contributed by atoms with Gasteiger partial charge in [0.25, 0.3) is 0 Å². The number of hydrogen-bond donors (Lipinski definition) is 0. The van der Waals surface area contributed by atoms with E-state index >= 15 is 0 Å². The molecule has 1 unspecified atom stereocenters. The molecule has 102 valence electrons. The van der Waals surface area contributed by atoms with Crippen LogP contribution in [0.3, 0.4) is 0 Å². The van der Waals surface area contributed by atoms with E-state index in [4.69, 9.17) is 4.74 Å². The van der Waals surface area contributed by atoms with E-state index in [2.05, 4.69) is 48.3 Å².